The standard InChI is InChI=1S/C15H18N2S2/c1-11-4-2-3-5-14(11)18-10-15-17-13(9-19-15)8-16-12-6-7-12/h2-5,9,12,16H,6-8,10H2,1H3. The van der Waals surface area contributed by atoms with E-state index in [9.17, 15) is 0 Å². The van der Waals surface area contributed by atoms with E-state index in [0.29, 0.717) is 0 Å². The first-order valence-corrected chi connectivity index (χ1v) is 8.53. The summed E-state index contributed by atoms with van der Waals surface area (Å²) in [5, 5.41) is 6.91. The molecule has 0 atom stereocenters. The third kappa shape index (κ3) is 3.81. The Hall–Kier alpha value is -0.840. The molecule has 1 aliphatic rings. The molecule has 1 aromatic carbocycles. The molecule has 0 aliphatic heterocycles. The molecule has 1 N–H and O–H groups in total. The SMILES string of the molecule is Cc1ccccc1SCc1nc(CNC2CC2)cs1. The molecule has 0 spiro atoms. The lowest BCUT2D eigenvalue weighted by molar-refractivity contribution is 0.676. The minimum atomic E-state index is 0.756. The summed E-state index contributed by atoms with van der Waals surface area (Å²) in [7, 11) is 0. The molecule has 0 saturated heterocycles. The summed E-state index contributed by atoms with van der Waals surface area (Å²) in [5.41, 5.74) is 2.54. The summed E-state index contributed by atoms with van der Waals surface area (Å²) in [4.78, 5) is 6.05. The molecular weight excluding hydrogens is 272 g/mol. The molecule has 1 saturated carbocycles. The highest BCUT2D eigenvalue weighted by atomic mass is 32.2. The van der Waals surface area contributed by atoms with Crippen LogP contribution < -0.4 is 5.32 Å². The summed E-state index contributed by atoms with van der Waals surface area (Å²) >= 11 is 3.65. The number of benzene rings is 1. The number of hydrogen-bond donors (Lipinski definition) is 1. The fraction of sp³-hybridized carbons (Fsp3) is 0.400. The number of thiazole rings is 1. The fourth-order valence-corrected chi connectivity index (χ4v) is 3.73. The van der Waals surface area contributed by atoms with Crippen LogP contribution >= 0.6 is 23.1 Å². The quantitative estimate of drug-likeness (QED) is 0.814. The monoisotopic (exact) mass is 290 g/mol. The highest BCUT2D eigenvalue weighted by Crippen LogP contribution is 2.27. The normalized spacial score (nSPS) is 14.8. The van der Waals surface area contributed by atoms with Gasteiger partial charge in [-0.3, -0.25) is 0 Å². The van der Waals surface area contributed by atoms with E-state index >= 15 is 0 Å². The van der Waals surface area contributed by atoms with Crippen molar-refractivity contribution in [2.75, 3.05) is 0 Å². The van der Waals surface area contributed by atoms with Crippen LogP contribution in [-0.2, 0) is 12.3 Å². The summed E-state index contributed by atoms with van der Waals surface area (Å²) in [6.07, 6.45) is 2.67. The van der Waals surface area contributed by atoms with E-state index in [2.05, 4.69) is 46.9 Å². The van der Waals surface area contributed by atoms with Crippen LogP contribution in [0.25, 0.3) is 0 Å². The first-order valence-electron chi connectivity index (χ1n) is 6.66. The second-order valence-electron chi connectivity index (χ2n) is 4.94. The van der Waals surface area contributed by atoms with Gasteiger partial charge in [0.1, 0.15) is 5.01 Å². The van der Waals surface area contributed by atoms with E-state index in [-0.39, 0.29) is 0 Å². The number of nitrogens with one attached hydrogen (secondary N) is 1. The Balaban J connectivity index is 1.53. The average molecular weight is 290 g/mol. The van der Waals surface area contributed by atoms with Gasteiger partial charge in [-0.25, -0.2) is 4.98 Å². The number of hydrogen-bond acceptors (Lipinski definition) is 4. The van der Waals surface area contributed by atoms with Gasteiger partial charge >= 0.3 is 0 Å². The van der Waals surface area contributed by atoms with E-state index in [1.54, 1.807) is 11.3 Å². The zero-order valence-corrected chi connectivity index (χ0v) is 12.7. The summed E-state index contributed by atoms with van der Waals surface area (Å²) in [6, 6.07) is 9.29. The van der Waals surface area contributed by atoms with Crippen LogP contribution in [0.4, 0.5) is 0 Å². The van der Waals surface area contributed by atoms with E-state index in [4.69, 9.17) is 0 Å². The Morgan fingerprint density at radius 2 is 2.21 bits per heavy atom. The zero-order valence-electron chi connectivity index (χ0n) is 11.1. The number of thioether (sulfide) groups is 1. The first kappa shape index (κ1) is 13.2. The average Bonchev–Trinajstić information content (AvgIpc) is 3.14. The van der Waals surface area contributed by atoms with Gasteiger partial charge in [0.25, 0.3) is 0 Å². The molecule has 0 unspecified atom stereocenters. The molecule has 1 aromatic heterocycles. The smallest absolute Gasteiger partial charge is 0.103 e. The molecule has 1 fully saturated rings. The predicted octanol–water partition coefficient (Wildman–Crippen LogP) is 4.00. The van der Waals surface area contributed by atoms with E-state index in [1.807, 2.05) is 11.8 Å². The first-order chi connectivity index (χ1) is 9.31. The highest BCUT2D eigenvalue weighted by molar-refractivity contribution is 7.98. The minimum absolute atomic E-state index is 0.756. The lowest BCUT2D eigenvalue weighted by atomic mass is 10.2. The maximum Gasteiger partial charge on any atom is 0.103 e. The van der Waals surface area contributed by atoms with Gasteiger partial charge in [-0.05, 0) is 31.4 Å². The van der Waals surface area contributed by atoms with Crippen LogP contribution in [0.2, 0.25) is 0 Å². The van der Waals surface area contributed by atoms with Gasteiger partial charge in [-0.2, -0.15) is 0 Å². The number of nitrogens with zero attached hydrogens (tertiary/aromatic N) is 1. The third-order valence-corrected chi connectivity index (χ3v) is 5.46. The second kappa shape index (κ2) is 6.07. The lowest BCUT2D eigenvalue weighted by Crippen LogP contribution is -2.15. The Morgan fingerprint density at radius 3 is 3.00 bits per heavy atom. The van der Waals surface area contributed by atoms with E-state index in [1.165, 1.54) is 34.0 Å². The van der Waals surface area contributed by atoms with Gasteiger partial charge in [-0.1, -0.05) is 18.2 Å². The molecular formula is C15H18N2S2. The van der Waals surface area contributed by atoms with Gasteiger partial charge in [0.2, 0.25) is 0 Å². The van der Waals surface area contributed by atoms with Crippen molar-refractivity contribution in [2.24, 2.45) is 0 Å². The molecule has 100 valence electrons. The van der Waals surface area contributed by atoms with Crippen molar-refractivity contribution < 1.29 is 0 Å². The van der Waals surface area contributed by atoms with Crippen LogP contribution in [-0.4, -0.2) is 11.0 Å². The third-order valence-electron chi connectivity index (χ3n) is 3.19. The van der Waals surface area contributed by atoms with Crippen LogP contribution in [0.5, 0.6) is 0 Å². The van der Waals surface area contributed by atoms with Crippen LogP contribution in [0.1, 0.15) is 29.1 Å². The molecule has 2 aromatic rings. The Bertz CT molecular complexity index is 547. The molecule has 1 aliphatic carbocycles. The fourth-order valence-electron chi connectivity index (χ4n) is 1.89. The van der Waals surface area contributed by atoms with Gasteiger partial charge < -0.3 is 5.32 Å². The highest BCUT2D eigenvalue weighted by Gasteiger charge is 2.20. The van der Waals surface area contributed by atoms with Crippen molar-refractivity contribution in [1.29, 1.82) is 0 Å². The molecule has 4 heteroatoms. The molecule has 0 amide bonds. The molecule has 2 nitrogen and oxygen atoms in total. The summed E-state index contributed by atoms with van der Waals surface area (Å²) < 4.78 is 0. The van der Waals surface area contributed by atoms with E-state index in [0.717, 1.165) is 18.3 Å². The maximum atomic E-state index is 4.69. The Kier molecular flexibility index (Phi) is 4.21. The predicted molar refractivity (Wildman–Crippen MR) is 82.7 cm³/mol. The number of rotatable bonds is 6. The number of aryl methyl sites for hydroxylation is 1. The van der Waals surface area contributed by atoms with Crippen molar-refractivity contribution in [2.45, 2.75) is 43.0 Å². The van der Waals surface area contributed by atoms with Gasteiger partial charge in [0, 0.05) is 22.9 Å². The zero-order chi connectivity index (χ0) is 13.1. The van der Waals surface area contributed by atoms with Crippen molar-refractivity contribution in [1.82, 2.24) is 10.3 Å². The molecule has 1 heterocycles. The van der Waals surface area contributed by atoms with E-state index < -0.39 is 0 Å². The molecule has 19 heavy (non-hydrogen) atoms. The molecule has 0 bridgehead atoms. The largest absolute Gasteiger partial charge is 0.308 e. The minimum Gasteiger partial charge on any atom is -0.308 e. The van der Waals surface area contributed by atoms with Gasteiger partial charge in [0.15, 0.2) is 0 Å². The lowest BCUT2D eigenvalue weighted by Gasteiger charge is -2.03. The summed E-state index contributed by atoms with van der Waals surface area (Å²) in [5.74, 6) is 0.971. The van der Waals surface area contributed by atoms with Gasteiger partial charge in [-0.15, -0.1) is 23.1 Å². The van der Waals surface area contributed by atoms with Crippen molar-refractivity contribution in [3.05, 3.63) is 45.9 Å². The molecule has 0 radical (unpaired) electrons. The Morgan fingerprint density at radius 1 is 1.37 bits per heavy atom. The summed E-state index contributed by atoms with van der Waals surface area (Å²) in [6.45, 7) is 3.09. The second-order valence-corrected chi connectivity index (χ2v) is 6.90. The van der Waals surface area contributed by atoms with Gasteiger partial charge in [0.05, 0.1) is 11.4 Å². The topological polar surface area (TPSA) is 24.9 Å². The number of aromatic nitrogens is 1. The van der Waals surface area contributed by atoms with Crippen molar-refractivity contribution >= 4 is 23.1 Å². The molecule has 3 rings (SSSR count). The van der Waals surface area contributed by atoms with Crippen LogP contribution in [0, 0.1) is 6.92 Å². The van der Waals surface area contributed by atoms with Crippen molar-refractivity contribution in [3.63, 3.8) is 0 Å². The maximum absolute atomic E-state index is 4.69. The van der Waals surface area contributed by atoms with Crippen molar-refractivity contribution in [3.8, 4) is 0 Å². The van der Waals surface area contributed by atoms with Crippen LogP contribution in [0.3, 0.4) is 0 Å². The Labute approximate surface area is 122 Å². The van der Waals surface area contributed by atoms with Crippen LogP contribution in [0.15, 0.2) is 34.5 Å².